The van der Waals surface area contributed by atoms with Gasteiger partial charge in [0.2, 0.25) is 0 Å². The van der Waals surface area contributed by atoms with Gasteiger partial charge in [-0.1, -0.05) is 17.3 Å². The summed E-state index contributed by atoms with van der Waals surface area (Å²) in [6.45, 7) is 3.39. The van der Waals surface area contributed by atoms with E-state index in [0.29, 0.717) is 6.54 Å². The van der Waals surface area contributed by atoms with E-state index in [1.165, 1.54) is 5.56 Å². The molecule has 0 amide bonds. The minimum atomic E-state index is 0.686. The molecule has 0 atom stereocenters. The molecule has 1 aromatic carbocycles. The van der Waals surface area contributed by atoms with E-state index < -0.39 is 0 Å². The van der Waals surface area contributed by atoms with Crippen molar-refractivity contribution in [3.05, 3.63) is 47.3 Å². The van der Waals surface area contributed by atoms with Crippen LogP contribution in [0.2, 0.25) is 0 Å². The Bertz CT molecular complexity index is 448. The third-order valence-corrected chi connectivity index (χ3v) is 2.28. The molecule has 1 aromatic heterocycles. The van der Waals surface area contributed by atoms with E-state index in [9.17, 15) is 0 Å². The van der Waals surface area contributed by atoms with Gasteiger partial charge in [0.15, 0.2) is 5.76 Å². The van der Waals surface area contributed by atoms with Gasteiger partial charge in [0.25, 0.3) is 0 Å². The zero-order valence-corrected chi connectivity index (χ0v) is 9.23. The molecule has 0 aliphatic carbocycles. The molecule has 0 radical (unpaired) electrons. The summed E-state index contributed by atoms with van der Waals surface area (Å²) in [6, 6.07) is 9.74. The number of rotatable bonds is 4. The number of nitrogen functional groups attached to an aromatic ring is 1. The highest BCUT2D eigenvalue weighted by molar-refractivity contribution is 5.39. The number of nitrogens with two attached hydrogens (primary N) is 1. The van der Waals surface area contributed by atoms with E-state index in [1.807, 2.05) is 37.3 Å². The first-order chi connectivity index (χ1) is 7.74. The van der Waals surface area contributed by atoms with Crippen LogP contribution in [-0.2, 0) is 13.1 Å². The van der Waals surface area contributed by atoms with Gasteiger partial charge in [0, 0.05) is 18.3 Å². The summed E-state index contributed by atoms with van der Waals surface area (Å²) in [5.41, 5.74) is 8.50. The topological polar surface area (TPSA) is 64.1 Å². The van der Waals surface area contributed by atoms with Gasteiger partial charge in [0.1, 0.15) is 0 Å². The van der Waals surface area contributed by atoms with Crippen molar-refractivity contribution in [2.45, 2.75) is 20.0 Å². The Morgan fingerprint density at radius 2 is 2.00 bits per heavy atom. The van der Waals surface area contributed by atoms with Crippen molar-refractivity contribution in [1.29, 1.82) is 0 Å². The Hall–Kier alpha value is -1.81. The quantitative estimate of drug-likeness (QED) is 0.767. The standard InChI is InChI=1S/C12H15N3O/c1-9-6-12(16-15-9)8-14-7-10-2-4-11(13)5-3-10/h2-6,14H,7-8,13H2,1H3. The van der Waals surface area contributed by atoms with Crippen molar-refractivity contribution >= 4 is 5.69 Å². The lowest BCUT2D eigenvalue weighted by molar-refractivity contribution is 0.369. The summed E-state index contributed by atoms with van der Waals surface area (Å²) in [5, 5.41) is 7.10. The monoisotopic (exact) mass is 217 g/mol. The van der Waals surface area contributed by atoms with Gasteiger partial charge in [-0.25, -0.2) is 0 Å². The van der Waals surface area contributed by atoms with Gasteiger partial charge in [0.05, 0.1) is 12.2 Å². The number of anilines is 1. The van der Waals surface area contributed by atoms with E-state index in [2.05, 4.69) is 10.5 Å². The van der Waals surface area contributed by atoms with Gasteiger partial charge < -0.3 is 15.6 Å². The highest BCUT2D eigenvalue weighted by Gasteiger charge is 1.99. The van der Waals surface area contributed by atoms with Gasteiger partial charge in [-0.15, -0.1) is 0 Å². The minimum Gasteiger partial charge on any atom is -0.399 e. The van der Waals surface area contributed by atoms with Gasteiger partial charge in [-0.2, -0.15) is 0 Å². The third kappa shape index (κ3) is 2.84. The smallest absolute Gasteiger partial charge is 0.150 e. The first-order valence-electron chi connectivity index (χ1n) is 5.21. The molecule has 16 heavy (non-hydrogen) atoms. The minimum absolute atomic E-state index is 0.686. The van der Waals surface area contributed by atoms with E-state index in [4.69, 9.17) is 10.3 Å². The summed E-state index contributed by atoms with van der Waals surface area (Å²) < 4.78 is 5.09. The Morgan fingerprint density at radius 3 is 2.62 bits per heavy atom. The summed E-state index contributed by atoms with van der Waals surface area (Å²) in [5.74, 6) is 0.855. The molecule has 0 saturated carbocycles. The Morgan fingerprint density at radius 1 is 1.25 bits per heavy atom. The molecule has 0 aliphatic heterocycles. The van der Waals surface area contributed by atoms with Crippen LogP contribution in [0.3, 0.4) is 0 Å². The predicted octanol–water partition coefficient (Wildman–Crippen LogP) is 1.86. The number of nitrogens with one attached hydrogen (secondary N) is 1. The van der Waals surface area contributed by atoms with Crippen LogP contribution in [0.25, 0.3) is 0 Å². The maximum atomic E-state index is 5.61. The second-order valence-corrected chi connectivity index (χ2v) is 3.78. The highest BCUT2D eigenvalue weighted by atomic mass is 16.5. The average molecular weight is 217 g/mol. The van der Waals surface area contributed by atoms with Crippen LogP contribution in [0.5, 0.6) is 0 Å². The van der Waals surface area contributed by atoms with Gasteiger partial charge in [-0.3, -0.25) is 0 Å². The fourth-order valence-electron chi connectivity index (χ4n) is 1.47. The molecule has 0 aliphatic rings. The Balaban J connectivity index is 1.82. The molecule has 0 unspecified atom stereocenters. The number of hydrogen-bond donors (Lipinski definition) is 2. The second-order valence-electron chi connectivity index (χ2n) is 3.78. The van der Waals surface area contributed by atoms with E-state index in [-0.39, 0.29) is 0 Å². The number of benzene rings is 1. The number of nitrogens with zero attached hydrogens (tertiary/aromatic N) is 1. The van der Waals surface area contributed by atoms with Crippen molar-refractivity contribution in [3.63, 3.8) is 0 Å². The van der Waals surface area contributed by atoms with Crippen LogP contribution >= 0.6 is 0 Å². The molecule has 2 aromatic rings. The van der Waals surface area contributed by atoms with Crippen molar-refractivity contribution < 1.29 is 4.52 Å². The molecule has 84 valence electrons. The number of hydrogen-bond acceptors (Lipinski definition) is 4. The summed E-state index contributed by atoms with van der Waals surface area (Å²) in [4.78, 5) is 0. The van der Waals surface area contributed by atoms with Crippen molar-refractivity contribution in [2.75, 3.05) is 5.73 Å². The molecule has 1 heterocycles. The molecule has 0 bridgehead atoms. The average Bonchev–Trinajstić information content (AvgIpc) is 2.67. The molecular weight excluding hydrogens is 202 g/mol. The van der Waals surface area contributed by atoms with Crippen molar-refractivity contribution in [3.8, 4) is 0 Å². The van der Waals surface area contributed by atoms with Crippen LogP contribution in [0.4, 0.5) is 5.69 Å². The Labute approximate surface area is 94.4 Å². The SMILES string of the molecule is Cc1cc(CNCc2ccc(N)cc2)on1. The predicted molar refractivity (Wildman–Crippen MR) is 62.6 cm³/mol. The third-order valence-electron chi connectivity index (χ3n) is 2.28. The van der Waals surface area contributed by atoms with Gasteiger partial charge >= 0.3 is 0 Å². The fourth-order valence-corrected chi connectivity index (χ4v) is 1.47. The lowest BCUT2D eigenvalue weighted by atomic mass is 10.2. The van der Waals surface area contributed by atoms with E-state index >= 15 is 0 Å². The van der Waals surface area contributed by atoms with Crippen molar-refractivity contribution in [2.24, 2.45) is 0 Å². The number of aryl methyl sites for hydroxylation is 1. The fraction of sp³-hybridized carbons (Fsp3) is 0.250. The first kappa shape index (κ1) is 10.7. The maximum absolute atomic E-state index is 5.61. The Kier molecular flexibility index (Phi) is 3.22. The lowest BCUT2D eigenvalue weighted by Crippen LogP contribution is -2.12. The molecular formula is C12H15N3O. The molecule has 0 saturated heterocycles. The summed E-state index contributed by atoms with van der Waals surface area (Å²) in [6.07, 6.45) is 0. The van der Waals surface area contributed by atoms with Crippen molar-refractivity contribution in [1.82, 2.24) is 10.5 Å². The molecule has 0 fully saturated rings. The van der Waals surface area contributed by atoms with Crippen LogP contribution in [0, 0.1) is 6.92 Å². The molecule has 4 nitrogen and oxygen atoms in total. The van der Waals surface area contributed by atoms with Crippen LogP contribution in [0.1, 0.15) is 17.0 Å². The lowest BCUT2D eigenvalue weighted by Gasteiger charge is -2.02. The normalized spacial score (nSPS) is 10.6. The van der Waals surface area contributed by atoms with Crippen LogP contribution < -0.4 is 11.1 Å². The van der Waals surface area contributed by atoms with Crippen LogP contribution in [-0.4, -0.2) is 5.16 Å². The van der Waals surface area contributed by atoms with Gasteiger partial charge in [-0.05, 0) is 24.6 Å². The molecule has 0 spiro atoms. The molecule has 4 heteroatoms. The van der Waals surface area contributed by atoms with E-state index in [1.54, 1.807) is 0 Å². The van der Waals surface area contributed by atoms with E-state index in [0.717, 1.165) is 23.7 Å². The largest absolute Gasteiger partial charge is 0.399 e. The summed E-state index contributed by atoms with van der Waals surface area (Å²) >= 11 is 0. The second kappa shape index (κ2) is 4.81. The zero-order valence-electron chi connectivity index (χ0n) is 9.23. The molecule has 3 N–H and O–H groups in total. The maximum Gasteiger partial charge on any atom is 0.150 e. The zero-order chi connectivity index (χ0) is 11.4. The van der Waals surface area contributed by atoms with Crippen LogP contribution in [0.15, 0.2) is 34.9 Å². The highest BCUT2D eigenvalue weighted by Crippen LogP contribution is 2.06. The first-order valence-corrected chi connectivity index (χ1v) is 5.21. The summed E-state index contributed by atoms with van der Waals surface area (Å²) in [7, 11) is 0. The number of aromatic nitrogens is 1. The molecule has 2 rings (SSSR count).